The Kier molecular flexibility index (Phi) is 7.78. The Morgan fingerprint density at radius 3 is 1.81 bits per heavy atom. The van der Waals surface area contributed by atoms with Gasteiger partial charge >= 0.3 is 0 Å². The van der Waals surface area contributed by atoms with Gasteiger partial charge in [-0.25, -0.2) is 0 Å². The average molecular weight is 480 g/mol. The molecular weight excluding hydrogens is 444 g/mol. The quantitative estimate of drug-likeness (QED) is 0.441. The zero-order valence-corrected chi connectivity index (χ0v) is 21.9. The minimum absolute atomic E-state index is 0.0186. The topological polar surface area (TPSA) is 47.6 Å². The van der Waals surface area contributed by atoms with Crippen molar-refractivity contribution in [1.82, 2.24) is 0 Å². The Morgan fingerprint density at radius 1 is 0.774 bits per heavy atom. The average Bonchev–Trinajstić information content (AvgIpc) is 2.67. The maximum atomic E-state index is 10.2. The van der Waals surface area contributed by atoms with Gasteiger partial charge in [-0.05, 0) is 75.1 Å². The summed E-state index contributed by atoms with van der Waals surface area (Å²) in [4.78, 5) is 0. The zero-order chi connectivity index (χ0) is 23.6. The van der Waals surface area contributed by atoms with Crippen LogP contribution in [0.15, 0.2) is 22.7 Å². The predicted octanol–water partition coefficient (Wildman–Crippen LogP) is 7.70. The van der Waals surface area contributed by atoms with Gasteiger partial charge in [-0.2, -0.15) is 10.5 Å². The summed E-state index contributed by atoms with van der Waals surface area (Å²) in [6, 6.07) is 11.5. The van der Waals surface area contributed by atoms with E-state index in [1.807, 2.05) is 0 Å². The minimum atomic E-state index is -0.167. The van der Waals surface area contributed by atoms with E-state index in [4.69, 9.17) is 0 Å². The summed E-state index contributed by atoms with van der Waals surface area (Å²) in [7, 11) is 0. The third-order valence-corrected chi connectivity index (χ3v) is 6.69. The molecule has 0 N–H and O–H groups in total. The normalized spacial score (nSPS) is 11.8. The van der Waals surface area contributed by atoms with Gasteiger partial charge < -0.3 is 0 Å². The van der Waals surface area contributed by atoms with Crippen LogP contribution in [0.2, 0.25) is 0 Å². The van der Waals surface area contributed by atoms with Crippen molar-refractivity contribution in [2.75, 3.05) is 0 Å². The highest BCUT2D eigenvalue weighted by Gasteiger charge is 2.26. The Bertz CT molecular complexity index is 1050. The summed E-state index contributed by atoms with van der Waals surface area (Å²) in [6.07, 6.45) is 2.84. The van der Waals surface area contributed by atoms with Gasteiger partial charge in [0.1, 0.15) is 0 Å². The SMILES string of the molecule is CCc1cc(Br)c(C(C)(C)C)cc1Cc1c(C#N)c(C(C)(C)C)cc(CC#N)c1CC. The number of nitrogens with zero attached hydrogens (tertiary/aromatic N) is 2. The molecule has 0 aliphatic carbocycles. The summed E-state index contributed by atoms with van der Waals surface area (Å²) in [5, 5.41) is 19.7. The molecule has 0 radical (unpaired) electrons. The number of aryl methyl sites for hydroxylation is 1. The fourth-order valence-corrected chi connectivity index (χ4v) is 5.34. The van der Waals surface area contributed by atoms with Gasteiger partial charge in [0.2, 0.25) is 0 Å². The smallest absolute Gasteiger partial charge is 0.0997 e. The molecule has 0 saturated carbocycles. The third-order valence-electron chi connectivity index (χ3n) is 6.03. The van der Waals surface area contributed by atoms with Crippen LogP contribution >= 0.6 is 15.9 Å². The highest BCUT2D eigenvalue weighted by atomic mass is 79.9. The number of rotatable bonds is 5. The fraction of sp³-hybridized carbons (Fsp3) is 0.500. The minimum Gasteiger partial charge on any atom is -0.198 e. The highest BCUT2D eigenvalue weighted by molar-refractivity contribution is 9.10. The monoisotopic (exact) mass is 478 g/mol. The van der Waals surface area contributed by atoms with E-state index in [1.54, 1.807) is 0 Å². The molecule has 0 aliphatic rings. The van der Waals surface area contributed by atoms with Crippen molar-refractivity contribution in [2.45, 2.75) is 91.9 Å². The van der Waals surface area contributed by atoms with Gasteiger partial charge in [0, 0.05) is 4.47 Å². The largest absolute Gasteiger partial charge is 0.198 e. The number of halogens is 1. The molecule has 0 heterocycles. The van der Waals surface area contributed by atoms with E-state index in [0.29, 0.717) is 12.8 Å². The van der Waals surface area contributed by atoms with Crippen LogP contribution in [0.3, 0.4) is 0 Å². The molecule has 0 bridgehead atoms. The van der Waals surface area contributed by atoms with E-state index in [9.17, 15) is 10.5 Å². The van der Waals surface area contributed by atoms with E-state index in [2.05, 4.69) is 102 Å². The third kappa shape index (κ3) is 5.39. The lowest BCUT2D eigenvalue weighted by Crippen LogP contribution is -2.18. The Morgan fingerprint density at radius 2 is 1.35 bits per heavy atom. The van der Waals surface area contributed by atoms with Gasteiger partial charge in [-0.1, -0.05) is 83.5 Å². The van der Waals surface area contributed by atoms with Gasteiger partial charge in [0.05, 0.1) is 24.1 Å². The molecule has 3 heteroatoms. The molecule has 0 atom stereocenters. The van der Waals surface area contributed by atoms with Crippen LogP contribution < -0.4 is 0 Å². The summed E-state index contributed by atoms with van der Waals surface area (Å²) in [5.74, 6) is 0. The molecule has 2 nitrogen and oxygen atoms in total. The summed E-state index contributed by atoms with van der Waals surface area (Å²) >= 11 is 3.78. The molecule has 2 aromatic rings. The maximum absolute atomic E-state index is 10.2. The highest BCUT2D eigenvalue weighted by Crippen LogP contribution is 2.37. The van der Waals surface area contributed by atoms with Crippen LogP contribution in [-0.4, -0.2) is 0 Å². The molecular formula is C28H35BrN2. The van der Waals surface area contributed by atoms with E-state index in [-0.39, 0.29) is 10.8 Å². The lowest BCUT2D eigenvalue weighted by Gasteiger charge is -2.27. The number of hydrogen-bond donors (Lipinski definition) is 0. The van der Waals surface area contributed by atoms with Crippen molar-refractivity contribution in [3.8, 4) is 12.1 Å². The number of nitriles is 2. The van der Waals surface area contributed by atoms with Crippen molar-refractivity contribution in [1.29, 1.82) is 10.5 Å². The fourth-order valence-electron chi connectivity index (χ4n) is 4.36. The molecule has 0 aliphatic heterocycles. The Hall–Kier alpha value is -2.10. The van der Waals surface area contributed by atoms with Gasteiger partial charge in [-0.3, -0.25) is 0 Å². The molecule has 2 aromatic carbocycles. The molecule has 0 fully saturated rings. The van der Waals surface area contributed by atoms with Crippen LogP contribution in [0.25, 0.3) is 0 Å². The first-order chi connectivity index (χ1) is 14.4. The van der Waals surface area contributed by atoms with E-state index < -0.39 is 0 Å². The molecule has 31 heavy (non-hydrogen) atoms. The Balaban J connectivity index is 2.87. The van der Waals surface area contributed by atoms with Gasteiger partial charge in [0.25, 0.3) is 0 Å². The molecule has 0 saturated heterocycles. The van der Waals surface area contributed by atoms with Crippen LogP contribution in [0, 0.1) is 22.7 Å². The molecule has 0 spiro atoms. The van der Waals surface area contributed by atoms with Crippen molar-refractivity contribution in [3.63, 3.8) is 0 Å². The van der Waals surface area contributed by atoms with Crippen LogP contribution in [0.1, 0.15) is 99.9 Å². The van der Waals surface area contributed by atoms with Crippen LogP contribution in [0.4, 0.5) is 0 Å². The van der Waals surface area contributed by atoms with Crippen LogP contribution in [-0.2, 0) is 36.5 Å². The van der Waals surface area contributed by atoms with Crippen molar-refractivity contribution < 1.29 is 0 Å². The summed E-state index contributed by atoms with van der Waals surface area (Å²) in [5.41, 5.74) is 8.85. The molecule has 164 valence electrons. The van der Waals surface area contributed by atoms with Gasteiger partial charge in [-0.15, -0.1) is 0 Å². The number of benzene rings is 2. The number of hydrogen-bond acceptors (Lipinski definition) is 2. The van der Waals surface area contributed by atoms with E-state index >= 15 is 0 Å². The first-order valence-corrected chi connectivity index (χ1v) is 11.9. The van der Waals surface area contributed by atoms with E-state index in [0.717, 1.165) is 45.1 Å². The Labute approximate surface area is 197 Å². The molecule has 0 amide bonds. The van der Waals surface area contributed by atoms with Crippen molar-refractivity contribution in [2.24, 2.45) is 0 Å². The lowest BCUT2D eigenvalue weighted by atomic mass is 9.77. The van der Waals surface area contributed by atoms with Gasteiger partial charge in [0.15, 0.2) is 0 Å². The summed E-state index contributed by atoms with van der Waals surface area (Å²) < 4.78 is 1.14. The second-order valence-electron chi connectivity index (χ2n) is 10.3. The van der Waals surface area contributed by atoms with Crippen LogP contribution in [0.5, 0.6) is 0 Å². The second kappa shape index (κ2) is 9.58. The first-order valence-electron chi connectivity index (χ1n) is 11.2. The standard InChI is InChI=1S/C28H35BrN2/c1-9-18-16-26(29)25(28(6,7)8)15-20(18)13-22-21(10-2)19(11-12-30)14-24(23(22)17-31)27(3,4)5/h14-16H,9-11,13H2,1-8H3. The predicted molar refractivity (Wildman–Crippen MR) is 134 cm³/mol. The van der Waals surface area contributed by atoms with Crippen molar-refractivity contribution in [3.05, 3.63) is 67.2 Å². The lowest BCUT2D eigenvalue weighted by molar-refractivity contribution is 0.585. The second-order valence-corrected chi connectivity index (χ2v) is 11.2. The van der Waals surface area contributed by atoms with E-state index in [1.165, 1.54) is 16.7 Å². The molecule has 0 aromatic heterocycles. The maximum Gasteiger partial charge on any atom is 0.0997 e. The zero-order valence-electron chi connectivity index (χ0n) is 20.3. The summed E-state index contributed by atoms with van der Waals surface area (Å²) in [6.45, 7) is 17.4. The first kappa shape index (κ1) is 25.2. The molecule has 2 rings (SSSR count). The molecule has 0 unspecified atom stereocenters. The van der Waals surface area contributed by atoms with Crippen molar-refractivity contribution >= 4 is 15.9 Å².